The van der Waals surface area contributed by atoms with Gasteiger partial charge in [0.05, 0.1) is 6.04 Å². The van der Waals surface area contributed by atoms with Crippen molar-refractivity contribution in [3.63, 3.8) is 0 Å². The van der Waals surface area contributed by atoms with Crippen LogP contribution in [0, 0.1) is 11.8 Å². The monoisotopic (exact) mass is 643 g/mol. The molecule has 1 saturated heterocycles. The summed E-state index contributed by atoms with van der Waals surface area (Å²) in [5.41, 5.74) is -1.89. The fourth-order valence-electron chi connectivity index (χ4n) is 5.62. The Morgan fingerprint density at radius 1 is 1.12 bits per heavy atom. The third kappa shape index (κ3) is 10.6. The summed E-state index contributed by atoms with van der Waals surface area (Å²) in [4.78, 5) is 50.7. The summed E-state index contributed by atoms with van der Waals surface area (Å²) in [7, 11) is -5.01. The highest BCUT2D eigenvalue weighted by Gasteiger charge is 2.41. The average molecular weight is 644 g/mol. The summed E-state index contributed by atoms with van der Waals surface area (Å²) in [6.45, 7) is 5.07. The average Bonchev–Trinajstić information content (AvgIpc) is 3.33. The first-order valence-corrected chi connectivity index (χ1v) is 16.4. The molecule has 0 aromatic heterocycles. The van der Waals surface area contributed by atoms with Crippen LogP contribution in [0.2, 0.25) is 5.02 Å². The second kappa shape index (κ2) is 15.2. The van der Waals surface area contributed by atoms with Gasteiger partial charge in [0, 0.05) is 29.8 Å². The summed E-state index contributed by atoms with van der Waals surface area (Å²) < 4.78 is 44.8. The van der Waals surface area contributed by atoms with Crippen molar-refractivity contribution in [1.29, 1.82) is 0 Å². The van der Waals surface area contributed by atoms with Crippen molar-refractivity contribution in [2.45, 2.75) is 95.1 Å². The standard InChI is InChI=1S/C29H42ClN3O9S/c1-18(34)42-27(43(38,39)40)24(15-20-12-13-31-25(20)35)32-26(36)23(14-19-8-5-4-6-9-19)33-28(37)41-17-29(2,3)21-10-7-11-22(30)16-21/h7,10-11,16,19-20,23-24,27H,4-6,8-9,12-15,17H2,1-3H3,(H,31,35)(H,32,36)(H,33,37)(H,38,39,40). The highest BCUT2D eigenvalue weighted by Crippen LogP contribution is 2.29. The molecule has 14 heteroatoms. The van der Waals surface area contributed by atoms with Crippen LogP contribution < -0.4 is 16.0 Å². The van der Waals surface area contributed by atoms with Crippen LogP contribution >= 0.6 is 11.6 Å². The van der Waals surface area contributed by atoms with Gasteiger partial charge in [-0.2, -0.15) is 8.42 Å². The van der Waals surface area contributed by atoms with Crippen LogP contribution in [0.15, 0.2) is 24.3 Å². The van der Waals surface area contributed by atoms with Gasteiger partial charge in [-0.05, 0) is 42.9 Å². The normalized spacial score (nSPS) is 19.9. The van der Waals surface area contributed by atoms with Crippen molar-refractivity contribution < 1.29 is 41.6 Å². The number of amides is 3. The molecule has 0 spiro atoms. The Morgan fingerprint density at radius 3 is 2.40 bits per heavy atom. The first-order chi connectivity index (χ1) is 20.2. The van der Waals surface area contributed by atoms with Crippen molar-refractivity contribution in [2.75, 3.05) is 13.2 Å². The molecule has 1 aliphatic heterocycles. The lowest BCUT2D eigenvalue weighted by atomic mass is 9.84. The van der Waals surface area contributed by atoms with Crippen molar-refractivity contribution in [1.82, 2.24) is 16.0 Å². The molecule has 0 bridgehead atoms. The second-order valence-electron chi connectivity index (χ2n) is 12.0. The van der Waals surface area contributed by atoms with E-state index in [4.69, 9.17) is 21.1 Å². The van der Waals surface area contributed by atoms with Crippen molar-refractivity contribution in [2.24, 2.45) is 11.8 Å². The number of benzene rings is 1. The van der Waals surface area contributed by atoms with Crippen LogP contribution in [0.3, 0.4) is 0 Å². The zero-order valence-corrected chi connectivity index (χ0v) is 26.3. The van der Waals surface area contributed by atoms with E-state index in [1.165, 1.54) is 0 Å². The predicted molar refractivity (Wildman–Crippen MR) is 159 cm³/mol. The minimum absolute atomic E-state index is 0.0202. The first kappa shape index (κ1) is 34.6. The Labute approximate surface area is 257 Å². The molecule has 240 valence electrons. The molecule has 2 fully saturated rings. The molecule has 43 heavy (non-hydrogen) atoms. The number of halogens is 1. The van der Waals surface area contributed by atoms with Crippen molar-refractivity contribution in [3.05, 3.63) is 34.9 Å². The van der Waals surface area contributed by atoms with E-state index in [9.17, 15) is 32.1 Å². The van der Waals surface area contributed by atoms with Crippen molar-refractivity contribution in [3.8, 4) is 0 Å². The minimum Gasteiger partial charge on any atom is -0.449 e. The Morgan fingerprint density at radius 2 is 1.81 bits per heavy atom. The van der Waals surface area contributed by atoms with Gasteiger partial charge in [0.25, 0.3) is 0 Å². The molecule has 1 aliphatic carbocycles. The molecule has 2 aliphatic rings. The summed E-state index contributed by atoms with van der Waals surface area (Å²) in [6.07, 6.45) is 4.31. The van der Waals surface area contributed by atoms with E-state index in [1.807, 2.05) is 19.9 Å². The number of nitrogens with one attached hydrogen (secondary N) is 3. The van der Waals surface area contributed by atoms with Gasteiger partial charge in [-0.15, -0.1) is 0 Å². The maximum absolute atomic E-state index is 13.7. The van der Waals surface area contributed by atoms with Crippen LogP contribution in [0.5, 0.6) is 0 Å². The quantitative estimate of drug-likeness (QED) is 0.185. The third-order valence-corrected chi connectivity index (χ3v) is 9.25. The molecule has 4 N–H and O–H groups in total. The van der Waals surface area contributed by atoms with Gasteiger partial charge in [0.15, 0.2) is 0 Å². The molecule has 3 amide bonds. The van der Waals surface area contributed by atoms with Crippen LogP contribution in [0.4, 0.5) is 4.79 Å². The number of carbonyl (C=O) groups excluding carboxylic acids is 4. The highest BCUT2D eigenvalue weighted by atomic mass is 35.5. The lowest BCUT2D eigenvalue weighted by molar-refractivity contribution is -0.145. The maximum Gasteiger partial charge on any atom is 0.407 e. The van der Waals surface area contributed by atoms with Gasteiger partial charge in [-0.3, -0.25) is 18.9 Å². The second-order valence-corrected chi connectivity index (χ2v) is 14.0. The van der Waals surface area contributed by atoms with E-state index in [0.717, 1.165) is 44.6 Å². The summed E-state index contributed by atoms with van der Waals surface area (Å²) in [5, 5.41) is 8.36. The first-order valence-electron chi connectivity index (χ1n) is 14.6. The largest absolute Gasteiger partial charge is 0.449 e. The number of ether oxygens (including phenoxy) is 2. The number of hydrogen-bond donors (Lipinski definition) is 4. The van der Waals surface area contributed by atoms with Crippen LogP contribution in [0.1, 0.15) is 77.7 Å². The van der Waals surface area contributed by atoms with E-state index < -0.39 is 56.9 Å². The van der Waals surface area contributed by atoms with Crippen LogP contribution in [0.25, 0.3) is 0 Å². The lowest BCUT2D eigenvalue weighted by Gasteiger charge is -2.31. The van der Waals surface area contributed by atoms with Gasteiger partial charge in [-0.1, -0.05) is 69.7 Å². The van der Waals surface area contributed by atoms with E-state index in [1.54, 1.807) is 18.2 Å². The highest BCUT2D eigenvalue weighted by molar-refractivity contribution is 7.86. The molecular formula is C29H42ClN3O9S. The number of hydrogen-bond acceptors (Lipinski definition) is 8. The molecule has 1 aromatic carbocycles. The Kier molecular flexibility index (Phi) is 12.2. The fraction of sp³-hybridized carbons (Fsp3) is 0.655. The molecule has 4 unspecified atom stereocenters. The molecule has 4 atom stereocenters. The fourth-order valence-corrected chi connectivity index (χ4v) is 6.66. The molecule has 1 aromatic rings. The van der Waals surface area contributed by atoms with Gasteiger partial charge in [0.2, 0.25) is 17.3 Å². The Bertz CT molecular complexity index is 1270. The Hall–Kier alpha value is -2.90. The molecule has 1 saturated carbocycles. The topological polar surface area (TPSA) is 177 Å². The molecule has 12 nitrogen and oxygen atoms in total. The molecule has 1 heterocycles. The van der Waals surface area contributed by atoms with Gasteiger partial charge in [0.1, 0.15) is 12.6 Å². The molecule has 0 radical (unpaired) electrons. The van der Waals surface area contributed by atoms with E-state index in [0.29, 0.717) is 18.0 Å². The Balaban J connectivity index is 1.79. The molecule has 3 rings (SSSR count). The zero-order valence-electron chi connectivity index (χ0n) is 24.8. The van der Waals surface area contributed by atoms with Crippen molar-refractivity contribution >= 4 is 45.6 Å². The summed E-state index contributed by atoms with van der Waals surface area (Å²) in [6, 6.07) is 4.60. The number of rotatable bonds is 13. The van der Waals surface area contributed by atoms with Gasteiger partial charge >= 0.3 is 22.2 Å². The van der Waals surface area contributed by atoms with Gasteiger partial charge < -0.3 is 25.4 Å². The van der Waals surface area contributed by atoms with Gasteiger partial charge in [-0.25, -0.2) is 4.79 Å². The minimum atomic E-state index is -5.01. The zero-order chi connectivity index (χ0) is 31.8. The van der Waals surface area contributed by atoms with Crippen LogP contribution in [-0.4, -0.2) is 67.5 Å². The van der Waals surface area contributed by atoms with E-state index >= 15 is 0 Å². The van der Waals surface area contributed by atoms with E-state index in [2.05, 4.69) is 16.0 Å². The van der Waals surface area contributed by atoms with Crippen LogP contribution in [-0.2, 0) is 39.4 Å². The predicted octanol–water partition coefficient (Wildman–Crippen LogP) is 3.47. The third-order valence-electron chi connectivity index (χ3n) is 8.01. The summed E-state index contributed by atoms with van der Waals surface area (Å²) >= 11 is 6.12. The number of carbonyl (C=O) groups is 4. The maximum atomic E-state index is 13.7. The summed E-state index contributed by atoms with van der Waals surface area (Å²) in [5.74, 6) is -2.66. The van der Waals surface area contributed by atoms with E-state index in [-0.39, 0.29) is 31.3 Å². The number of esters is 1. The number of alkyl carbamates (subject to hydrolysis) is 1. The smallest absolute Gasteiger partial charge is 0.407 e. The SMILES string of the molecule is CC(=O)OC(C(CC1CCNC1=O)NC(=O)C(CC1CCCCC1)NC(=O)OCC(C)(C)c1cccc(Cl)c1)S(=O)(=O)O. The molecular weight excluding hydrogens is 602 g/mol. The lowest BCUT2D eigenvalue weighted by Crippen LogP contribution is -2.56.